The molecule has 0 aliphatic carbocycles. The van der Waals surface area contributed by atoms with Gasteiger partial charge in [-0.1, -0.05) is 6.07 Å². The fourth-order valence-electron chi connectivity index (χ4n) is 1.82. The van der Waals surface area contributed by atoms with E-state index in [9.17, 15) is 14.7 Å². The lowest BCUT2D eigenvalue weighted by atomic mass is 10.1. The molecule has 110 valence electrons. The molecule has 1 amide bonds. The van der Waals surface area contributed by atoms with Gasteiger partial charge in [-0.05, 0) is 18.2 Å². The molecule has 1 unspecified atom stereocenters. The van der Waals surface area contributed by atoms with E-state index in [1.165, 1.54) is 19.6 Å². The van der Waals surface area contributed by atoms with Crippen molar-refractivity contribution in [3.8, 4) is 5.75 Å². The molecular weight excluding hydrogens is 274 g/mol. The summed E-state index contributed by atoms with van der Waals surface area (Å²) in [5.74, 6) is -1.05. The number of carboxylic acids is 1. The summed E-state index contributed by atoms with van der Waals surface area (Å²) in [6, 6.07) is 5.47. The summed E-state index contributed by atoms with van der Waals surface area (Å²) in [6.45, 7) is 0. The zero-order valence-electron chi connectivity index (χ0n) is 11.4. The Hall–Kier alpha value is -2.83. The summed E-state index contributed by atoms with van der Waals surface area (Å²) in [6.07, 6.45) is 3.11. The van der Waals surface area contributed by atoms with Gasteiger partial charge in [0.25, 0.3) is 5.91 Å². The number of carbonyl (C=O) groups is 2. The van der Waals surface area contributed by atoms with Crippen LogP contribution in [0.1, 0.15) is 16.1 Å². The van der Waals surface area contributed by atoms with Crippen molar-refractivity contribution in [2.24, 2.45) is 0 Å². The van der Waals surface area contributed by atoms with Crippen LogP contribution in [0.3, 0.4) is 0 Å². The van der Waals surface area contributed by atoms with Crippen LogP contribution in [-0.4, -0.2) is 40.1 Å². The Morgan fingerprint density at radius 2 is 2.29 bits per heavy atom. The molecule has 7 nitrogen and oxygen atoms in total. The molecule has 1 aromatic heterocycles. The minimum atomic E-state index is -1.11. The summed E-state index contributed by atoms with van der Waals surface area (Å²) in [7, 11) is 1.50. The zero-order chi connectivity index (χ0) is 15.2. The second kappa shape index (κ2) is 6.56. The number of aromatic amines is 1. The van der Waals surface area contributed by atoms with E-state index in [0.29, 0.717) is 17.0 Å². The Morgan fingerprint density at radius 3 is 2.90 bits per heavy atom. The lowest BCUT2D eigenvalue weighted by molar-refractivity contribution is -0.139. The first-order chi connectivity index (χ1) is 10.1. The molecule has 0 aliphatic heterocycles. The van der Waals surface area contributed by atoms with Gasteiger partial charge in [0.05, 0.1) is 13.4 Å². The molecule has 1 heterocycles. The zero-order valence-corrected chi connectivity index (χ0v) is 11.4. The van der Waals surface area contributed by atoms with Gasteiger partial charge in [-0.3, -0.25) is 4.79 Å². The van der Waals surface area contributed by atoms with Crippen molar-refractivity contribution in [1.82, 2.24) is 15.3 Å². The highest BCUT2D eigenvalue weighted by atomic mass is 16.5. The van der Waals surface area contributed by atoms with Gasteiger partial charge in [-0.2, -0.15) is 0 Å². The van der Waals surface area contributed by atoms with Crippen molar-refractivity contribution < 1.29 is 19.4 Å². The topological polar surface area (TPSA) is 104 Å². The van der Waals surface area contributed by atoms with Crippen LogP contribution >= 0.6 is 0 Å². The van der Waals surface area contributed by atoms with Gasteiger partial charge in [-0.15, -0.1) is 0 Å². The molecule has 1 atom stereocenters. The molecule has 0 aliphatic rings. The predicted octanol–water partition coefficient (Wildman–Crippen LogP) is 0.844. The number of hydrogen-bond donors (Lipinski definition) is 3. The Labute approximate surface area is 121 Å². The molecule has 3 N–H and O–H groups in total. The minimum Gasteiger partial charge on any atom is -0.497 e. The molecule has 0 bridgehead atoms. The fraction of sp³-hybridized carbons (Fsp3) is 0.214. The van der Waals surface area contributed by atoms with Crippen molar-refractivity contribution in [3.05, 3.63) is 48.0 Å². The minimum absolute atomic E-state index is 0.130. The standard InChI is InChI=1S/C14H15N3O4/c1-21-11-4-2-3-9(5-11)13(18)17-12(14(19)20)6-10-7-15-8-16-10/h2-5,7-8,12H,6H2,1H3,(H,15,16)(H,17,18)(H,19,20). The van der Waals surface area contributed by atoms with Crippen LogP contribution in [0.25, 0.3) is 0 Å². The average Bonchev–Trinajstić information content (AvgIpc) is 2.99. The fourth-order valence-corrected chi connectivity index (χ4v) is 1.82. The van der Waals surface area contributed by atoms with Gasteiger partial charge in [0.15, 0.2) is 0 Å². The van der Waals surface area contributed by atoms with Crippen LogP contribution in [0.4, 0.5) is 0 Å². The smallest absolute Gasteiger partial charge is 0.326 e. The first-order valence-corrected chi connectivity index (χ1v) is 6.25. The number of hydrogen-bond acceptors (Lipinski definition) is 4. The average molecular weight is 289 g/mol. The molecule has 1 aromatic carbocycles. The van der Waals surface area contributed by atoms with Crippen molar-refractivity contribution in [3.63, 3.8) is 0 Å². The Balaban J connectivity index is 2.08. The summed E-state index contributed by atoms with van der Waals surface area (Å²) < 4.78 is 5.03. The highest BCUT2D eigenvalue weighted by molar-refractivity contribution is 5.96. The van der Waals surface area contributed by atoms with E-state index in [2.05, 4.69) is 15.3 Å². The Bertz CT molecular complexity index is 625. The molecule has 0 saturated heterocycles. The van der Waals surface area contributed by atoms with Crippen LogP contribution in [0, 0.1) is 0 Å². The van der Waals surface area contributed by atoms with Crippen LogP contribution in [0.5, 0.6) is 5.75 Å². The number of imidazole rings is 1. The summed E-state index contributed by atoms with van der Waals surface area (Å²) >= 11 is 0. The van der Waals surface area contributed by atoms with Gasteiger partial charge in [0.2, 0.25) is 0 Å². The lowest BCUT2D eigenvalue weighted by Crippen LogP contribution is -2.42. The van der Waals surface area contributed by atoms with E-state index in [1.54, 1.807) is 24.3 Å². The predicted molar refractivity (Wildman–Crippen MR) is 74.2 cm³/mol. The summed E-state index contributed by atoms with van der Waals surface area (Å²) in [4.78, 5) is 30.0. The third-order valence-corrected chi connectivity index (χ3v) is 2.91. The van der Waals surface area contributed by atoms with E-state index < -0.39 is 17.9 Å². The maximum Gasteiger partial charge on any atom is 0.326 e. The molecule has 0 fully saturated rings. The van der Waals surface area contributed by atoms with Crippen LogP contribution < -0.4 is 10.1 Å². The molecule has 7 heteroatoms. The maximum atomic E-state index is 12.1. The molecule has 0 saturated carbocycles. The number of H-pyrrole nitrogens is 1. The van der Waals surface area contributed by atoms with Crippen molar-refractivity contribution >= 4 is 11.9 Å². The number of benzene rings is 1. The molecule has 21 heavy (non-hydrogen) atoms. The number of nitrogens with zero attached hydrogens (tertiary/aromatic N) is 1. The number of aliphatic carboxylic acids is 1. The Kier molecular flexibility index (Phi) is 4.55. The number of carbonyl (C=O) groups excluding carboxylic acids is 1. The number of methoxy groups -OCH3 is 1. The maximum absolute atomic E-state index is 12.1. The summed E-state index contributed by atoms with van der Waals surface area (Å²) in [5, 5.41) is 11.7. The van der Waals surface area contributed by atoms with E-state index in [4.69, 9.17) is 4.74 Å². The van der Waals surface area contributed by atoms with Crippen LogP contribution in [0.2, 0.25) is 0 Å². The van der Waals surface area contributed by atoms with E-state index in [-0.39, 0.29) is 6.42 Å². The largest absolute Gasteiger partial charge is 0.497 e. The molecule has 0 radical (unpaired) electrons. The first kappa shape index (κ1) is 14.6. The third-order valence-electron chi connectivity index (χ3n) is 2.91. The molecule has 2 aromatic rings. The second-order valence-electron chi connectivity index (χ2n) is 4.38. The quantitative estimate of drug-likeness (QED) is 0.731. The highest BCUT2D eigenvalue weighted by Crippen LogP contribution is 2.12. The highest BCUT2D eigenvalue weighted by Gasteiger charge is 2.21. The second-order valence-corrected chi connectivity index (χ2v) is 4.38. The van der Waals surface area contributed by atoms with Gasteiger partial charge in [0, 0.05) is 23.9 Å². The molecular formula is C14H15N3O4. The van der Waals surface area contributed by atoms with Crippen molar-refractivity contribution in [2.75, 3.05) is 7.11 Å². The van der Waals surface area contributed by atoms with E-state index in [1.807, 2.05) is 0 Å². The van der Waals surface area contributed by atoms with Crippen LogP contribution in [-0.2, 0) is 11.2 Å². The number of aromatic nitrogens is 2. The van der Waals surface area contributed by atoms with Crippen LogP contribution in [0.15, 0.2) is 36.8 Å². The van der Waals surface area contributed by atoms with Gasteiger partial charge in [-0.25, -0.2) is 9.78 Å². The Morgan fingerprint density at radius 1 is 1.48 bits per heavy atom. The molecule has 0 spiro atoms. The number of carboxylic acid groups (broad SMARTS) is 1. The number of rotatable bonds is 6. The van der Waals surface area contributed by atoms with Gasteiger partial charge in [0.1, 0.15) is 11.8 Å². The van der Waals surface area contributed by atoms with Crippen molar-refractivity contribution in [1.29, 1.82) is 0 Å². The van der Waals surface area contributed by atoms with E-state index >= 15 is 0 Å². The first-order valence-electron chi connectivity index (χ1n) is 6.25. The normalized spacial score (nSPS) is 11.7. The summed E-state index contributed by atoms with van der Waals surface area (Å²) in [5.41, 5.74) is 0.971. The monoisotopic (exact) mass is 289 g/mol. The number of amides is 1. The SMILES string of the molecule is COc1cccc(C(=O)NC(Cc2cnc[nH]2)C(=O)O)c1. The third kappa shape index (κ3) is 3.82. The number of ether oxygens (including phenoxy) is 1. The van der Waals surface area contributed by atoms with E-state index in [0.717, 1.165) is 0 Å². The number of nitrogens with one attached hydrogen (secondary N) is 2. The van der Waals surface area contributed by atoms with Gasteiger partial charge >= 0.3 is 5.97 Å². The molecule has 2 rings (SSSR count). The van der Waals surface area contributed by atoms with Crippen molar-refractivity contribution in [2.45, 2.75) is 12.5 Å². The lowest BCUT2D eigenvalue weighted by Gasteiger charge is -2.14. The van der Waals surface area contributed by atoms with Gasteiger partial charge < -0.3 is 20.1 Å².